The topological polar surface area (TPSA) is 95.2 Å². The molecule has 168 valence electrons. The van der Waals surface area contributed by atoms with E-state index in [-0.39, 0.29) is 0 Å². The number of aromatic nitrogens is 6. The first-order valence-electron chi connectivity index (χ1n) is 11.2. The van der Waals surface area contributed by atoms with E-state index in [0.29, 0.717) is 11.9 Å². The molecule has 0 spiro atoms. The molecule has 0 saturated heterocycles. The minimum absolute atomic E-state index is 0.338. The van der Waals surface area contributed by atoms with Crippen LogP contribution in [0.4, 0.5) is 5.69 Å². The van der Waals surface area contributed by atoms with Crippen LogP contribution >= 0.6 is 11.3 Å². The summed E-state index contributed by atoms with van der Waals surface area (Å²) in [5.41, 5.74) is 7.67. The molecule has 8 heteroatoms. The van der Waals surface area contributed by atoms with Crippen LogP contribution in [0.1, 0.15) is 18.7 Å². The second-order valence-electron chi connectivity index (χ2n) is 8.67. The van der Waals surface area contributed by atoms with E-state index in [1.807, 2.05) is 30.9 Å². The maximum atomic E-state index is 4.95. The number of benzene rings is 1. The van der Waals surface area contributed by atoms with Gasteiger partial charge in [0, 0.05) is 50.9 Å². The third-order valence-corrected chi connectivity index (χ3v) is 6.75. The van der Waals surface area contributed by atoms with Crippen LogP contribution in [0.2, 0.25) is 0 Å². The van der Waals surface area contributed by atoms with Gasteiger partial charge in [-0.1, -0.05) is 6.07 Å². The predicted molar refractivity (Wildman–Crippen MR) is 139 cm³/mol. The summed E-state index contributed by atoms with van der Waals surface area (Å²) in [5.74, 6) is 0.717. The van der Waals surface area contributed by atoms with Crippen molar-refractivity contribution >= 4 is 39.0 Å². The number of pyridine rings is 2. The zero-order chi connectivity index (χ0) is 23.2. The molecule has 7 nitrogen and oxygen atoms in total. The highest BCUT2D eigenvalue weighted by molar-refractivity contribution is 7.15. The lowest BCUT2D eigenvalue weighted by atomic mass is 10.0. The van der Waals surface area contributed by atoms with Gasteiger partial charge in [-0.05, 0) is 56.7 Å². The van der Waals surface area contributed by atoms with E-state index < -0.39 is 0 Å². The maximum Gasteiger partial charge on any atom is 0.159 e. The van der Waals surface area contributed by atoms with Crippen molar-refractivity contribution in [2.45, 2.75) is 26.8 Å². The molecule has 0 amide bonds. The first kappa shape index (κ1) is 20.6. The Morgan fingerprint density at radius 1 is 0.912 bits per heavy atom. The Morgan fingerprint density at radius 2 is 1.79 bits per heavy atom. The minimum Gasteiger partial charge on any atom is -0.382 e. The van der Waals surface area contributed by atoms with Crippen LogP contribution in [0.25, 0.3) is 55.0 Å². The summed E-state index contributed by atoms with van der Waals surface area (Å²) >= 11 is 1.74. The fourth-order valence-corrected chi connectivity index (χ4v) is 5.07. The normalized spacial score (nSPS) is 11.6. The molecule has 0 aliphatic rings. The Labute approximate surface area is 200 Å². The third-order valence-electron chi connectivity index (χ3n) is 5.71. The van der Waals surface area contributed by atoms with Gasteiger partial charge in [-0.25, -0.2) is 4.98 Å². The van der Waals surface area contributed by atoms with Gasteiger partial charge in [-0.2, -0.15) is 5.10 Å². The zero-order valence-corrected chi connectivity index (χ0v) is 19.9. The first-order chi connectivity index (χ1) is 16.5. The van der Waals surface area contributed by atoms with Gasteiger partial charge in [-0.3, -0.25) is 15.1 Å². The molecule has 6 rings (SSSR count). The Morgan fingerprint density at radius 3 is 2.62 bits per heavy atom. The van der Waals surface area contributed by atoms with Gasteiger partial charge in [0.15, 0.2) is 5.82 Å². The van der Waals surface area contributed by atoms with Gasteiger partial charge in [0.25, 0.3) is 0 Å². The van der Waals surface area contributed by atoms with E-state index in [1.54, 1.807) is 11.3 Å². The van der Waals surface area contributed by atoms with Gasteiger partial charge in [0.1, 0.15) is 11.2 Å². The van der Waals surface area contributed by atoms with Crippen molar-refractivity contribution in [1.29, 1.82) is 0 Å². The number of rotatable bonds is 5. The Kier molecular flexibility index (Phi) is 4.88. The summed E-state index contributed by atoms with van der Waals surface area (Å²) in [4.78, 5) is 19.6. The Balaban J connectivity index is 1.45. The predicted octanol–water partition coefficient (Wildman–Crippen LogP) is 6.42. The molecule has 0 fully saturated rings. The minimum atomic E-state index is 0.338. The average Bonchev–Trinajstić information content (AvgIpc) is 3.55. The summed E-state index contributed by atoms with van der Waals surface area (Å²) in [6, 6.07) is 13.0. The molecule has 0 saturated carbocycles. The van der Waals surface area contributed by atoms with E-state index in [2.05, 4.69) is 81.6 Å². The molecule has 0 aliphatic carbocycles. The van der Waals surface area contributed by atoms with Crippen molar-refractivity contribution in [2.75, 3.05) is 5.32 Å². The van der Waals surface area contributed by atoms with Gasteiger partial charge >= 0.3 is 0 Å². The van der Waals surface area contributed by atoms with E-state index in [9.17, 15) is 0 Å². The SMILES string of the molecule is Cc1ccc(-c2cncc3[nH]c(-c4n[nH]c5ccc(-c6cncc(NC(C)C)c6)cc45)nc23)s1. The fraction of sp³-hybridized carbons (Fsp3) is 0.154. The van der Waals surface area contributed by atoms with Crippen molar-refractivity contribution in [3.8, 4) is 33.1 Å². The van der Waals surface area contributed by atoms with Crippen molar-refractivity contribution in [1.82, 2.24) is 30.1 Å². The molecule has 0 bridgehead atoms. The smallest absolute Gasteiger partial charge is 0.159 e. The largest absolute Gasteiger partial charge is 0.382 e. The molecule has 0 radical (unpaired) electrons. The number of anilines is 1. The lowest BCUT2D eigenvalue weighted by Gasteiger charge is -2.11. The molecule has 1 aromatic carbocycles. The molecular formula is C26H23N7S. The van der Waals surface area contributed by atoms with Crippen LogP contribution in [0.5, 0.6) is 0 Å². The Bertz CT molecular complexity index is 1640. The second-order valence-corrected chi connectivity index (χ2v) is 9.96. The van der Waals surface area contributed by atoms with Crippen LogP contribution in [-0.2, 0) is 0 Å². The van der Waals surface area contributed by atoms with Crippen molar-refractivity contribution in [3.05, 3.63) is 66.1 Å². The molecule has 0 aliphatic heterocycles. The maximum absolute atomic E-state index is 4.95. The van der Waals surface area contributed by atoms with E-state index in [1.165, 1.54) is 4.88 Å². The number of hydrogen-bond acceptors (Lipinski definition) is 6. The third kappa shape index (κ3) is 3.62. The standard InChI is InChI=1S/C26H23N7S/c1-14(2)29-18-8-17(10-27-11-18)16-5-6-21-19(9-16)25(33-32-21)26-30-22-13-28-12-20(24(22)31-26)23-7-4-15(3)34-23/h4-14,29H,1-3H3,(H,30,31)(H,32,33). The van der Waals surface area contributed by atoms with E-state index in [0.717, 1.165) is 54.9 Å². The van der Waals surface area contributed by atoms with Crippen LogP contribution in [-0.4, -0.2) is 36.2 Å². The molecule has 5 heterocycles. The number of thiophene rings is 1. The molecule has 34 heavy (non-hydrogen) atoms. The lowest BCUT2D eigenvalue weighted by molar-refractivity contribution is 0.898. The molecule has 0 unspecified atom stereocenters. The Hall–Kier alpha value is -4.04. The number of hydrogen-bond donors (Lipinski definition) is 3. The first-order valence-corrected chi connectivity index (χ1v) is 12.0. The summed E-state index contributed by atoms with van der Waals surface area (Å²) in [7, 11) is 0. The van der Waals surface area contributed by atoms with Gasteiger partial charge in [0.2, 0.25) is 0 Å². The fourth-order valence-electron chi connectivity index (χ4n) is 4.19. The lowest BCUT2D eigenvalue weighted by Crippen LogP contribution is -2.09. The number of nitrogens with one attached hydrogen (secondary N) is 3. The average molecular weight is 466 g/mol. The zero-order valence-electron chi connectivity index (χ0n) is 19.0. The van der Waals surface area contributed by atoms with Crippen LogP contribution in [0, 0.1) is 6.92 Å². The molecule has 6 aromatic rings. The molecule has 0 atom stereocenters. The number of imidazole rings is 1. The van der Waals surface area contributed by atoms with Gasteiger partial charge < -0.3 is 10.3 Å². The van der Waals surface area contributed by atoms with Gasteiger partial charge in [0.05, 0.1) is 22.9 Å². The monoisotopic (exact) mass is 465 g/mol. The van der Waals surface area contributed by atoms with E-state index in [4.69, 9.17) is 4.98 Å². The molecular weight excluding hydrogens is 442 g/mol. The van der Waals surface area contributed by atoms with E-state index >= 15 is 0 Å². The number of aromatic amines is 2. The number of H-pyrrole nitrogens is 2. The second kappa shape index (κ2) is 8.07. The number of nitrogens with zero attached hydrogens (tertiary/aromatic N) is 4. The molecule has 5 aromatic heterocycles. The van der Waals surface area contributed by atoms with Crippen LogP contribution in [0.15, 0.2) is 61.2 Å². The van der Waals surface area contributed by atoms with Gasteiger partial charge in [-0.15, -0.1) is 11.3 Å². The van der Waals surface area contributed by atoms with Crippen LogP contribution < -0.4 is 5.32 Å². The summed E-state index contributed by atoms with van der Waals surface area (Å²) in [6.45, 7) is 6.34. The summed E-state index contributed by atoms with van der Waals surface area (Å²) in [5, 5.41) is 12.2. The van der Waals surface area contributed by atoms with Crippen molar-refractivity contribution in [3.63, 3.8) is 0 Å². The molecule has 3 N–H and O–H groups in total. The quantitative estimate of drug-likeness (QED) is 0.273. The summed E-state index contributed by atoms with van der Waals surface area (Å²) < 4.78 is 0. The number of fused-ring (bicyclic) bond motifs is 2. The summed E-state index contributed by atoms with van der Waals surface area (Å²) in [6.07, 6.45) is 7.42. The highest BCUT2D eigenvalue weighted by Gasteiger charge is 2.17. The van der Waals surface area contributed by atoms with Crippen molar-refractivity contribution in [2.24, 2.45) is 0 Å². The number of aryl methyl sites for hydroxylation is 1. The highest BCUT2D eigenvalue weighted by atomic mass is 32.1. The van der Waals surface area contributed by atoms with Crippen LogP contribution in [0.3, 0.4) is 0 Å². The highest BCUT2D eigenvalue weighted by Crippen LogP contribution is 2.35. The van der Waals surface area contributed by atoms with Crippen molar-refractivity contribution < 1.29 is 0 Å².